The summed E-state index contributed by atoms with van der Waals surface area (Å²) in [4.78, 5) is 61.4. The number of hydrogen-bond donors (Lipinski definition) is 8. The zero-order valence-electron chi connectivity index (χ0n) is 23.4. The lowest BCUT2D eigenvalue weighted by molar-refractivity contribution is -0.142. The van der Waals surface area contributed by atoms with Gasteiger partial charge in [-0.05, 0) is 49.8 Å². The molecule has 13 nitrogen and oxygen atoms in total. The van der Waals surface area contributed by atoms with Crippen LogP contribution in [0, 0.1) is 5.92 Å². The smallest absolute Gasteiger partial charge is 0.326 e. The van der Waals surface area contributed by atoms with Gasteiger partial charge in [-0.25, -0.2) is 9.78 Å². The zero-order chi connectivity index (χ0) is 29.9. The maximum Gasteiger partial charge on any atom is 0.326 e. The van der Waals surface area contributed by atoms with Gasteiger partial charge in [-0.2, -0.15) is 0 Å². The van der Waals surface area contributed by atoms with Crippen LogP contribution in [-0.2, 0) is 32.0 Å². The first-order valence-electron chi connectivity index (χ1n) is 13.7. The fourth-order valence-corrected chi connectivity index (χ4v) is 4.53. The Labute approximate surface area is 238 Å². The number of nitrogens with one attached hydrogen (secondary N) is 5. The van der Waals surface area contributed by atoms with E-state index in [1.807, 2.05) is 24.3 Å². The number of fused-ring (bicyclic) bond motifs is 1. The molecule has 0 aliphatic rings. The number of aliphatic carboxylic acids is 1. The first-order valence-corrected chi connectivity index (χ1v) is 13.7. The molecule has 0 spiro atoms. The number of amides is 3. The Balaban J connectivity index is 1.71. The van der Waals surface area contributed by atoms with Gasteiger partial charge in [0.1, 0.15) is 18.1 Å². The molecule has 4 unspecified atom stereocenters. The third-order valence-electron chi connectivity index (χ3n) is 6.87. The van der Waals surface area contributed by atoms with Gasteiger partial charge in [0.05, 0.1) is 12.4 Å². The summed E-state index contributed by atoms with van der Waals surface area (Å²) in [6, 6.07) is 3.49. The largest absolute Gasteiger partial charge is 0.480 e. The van der Waals surface area contributed by atoms with E-state index >= 15 is 0 Å². The van der Waals surface area contributed by atoms with Crippen molar-refractivity contribution in [3.8, 4) is 0 Å². The normalized spacial score (nSPS) is 14.3. The number of nitrogens with two attached hydrogens (primary N) is 2. The van der Waals surface area contributed by atoms with Gasteiger partial charge in [-0.3, -0.25) is 14.4 Å². The second kappa shape index (κ2) is 15.0. The third kappa shape index (κ3) is 8.88. The Kier molecular flexibility index (Phi) is 11.4. The number of hydrogen-bond acceptors (Lipinski definition) is 7. The summed E-state index contributed by atoms with van der Waals surface area (Å²) in [5, 5.41) is 18.4. The predicted octanol–water partition coefficient (Wildman–Crippen LogP) is 0.328. The Bertz CT molecular complexity index is 1310. The number of nitrogens with zero attached hydrogens (tertiary/aromatic N) is 1. The molecule has 222 valence electrons. The molecule has 41 heavy (non-hydrogen) atoms. The topological polar surface area (TPSA) is 221 Å². The zero-order valence-corrected chi connectivity index (χ0v) is 23.4. The monoisotopic (exact) mass is 568 g/mol. The van der Waals surface area contributed by atoms with Gasteiger partial charge in [-0.1, -0.05) is 32.0 Å². The highest BCUT2D eigenvalue weighted by atomic mass is 16.4. The second-order valence-corrected chi connectivity index (χ2v) is 10.4. The summed E-state index contributed by atoms with van der Waals surface area (Å²) in [6.45, 7) is 3.88. The average molecular weight is 569 g/mol. The Morgan fingerprint density at radius 2 is 1.68 bits per heavy atom. The number of imidazole rings is 1. The first kappa shape index (κ1) is 31.3. The number of carbonyl (C=O) groups is 4. The fraction of sp³-hybridized carbons (Fsp3) is 0.464. The summed E-state index contributed by atoms with van der Waals surface area (Å²) >= 11 is 0. The lowest BCUT2D eigenvalue weighted by atomic mass is 10.0. The van der Waals surface area contributed by atoms with Gasteiger partial charge in [0.25, 0.3) is 0 Å². The number of para-hydroxylation sites is 1. The number of carboxylic acids is 1. The maximum atomic E-state index is 13.5. The lowest BCUT2D eigenvalue weighted by Crippen LogP contribution is -2.59. The highest BCUT2D eigenvalue weighted by Crippen LogP contribution is 2.19. The van der Waals surface area contributed by atoms with Crippen molar-refractivity contribution in [1.29, 1.82) is 0 Å². The fourth-order valence-electron chi connectivity index (χ4n) is 4.53. The van der Waals surface area contributed by atoms with Crippen molar-refractivity contribution in [3.05, 3.63) is 54.2 Å². The molecule has 10 N–H and O–H groups in total. The van der Waals surface area contributed by atoms with Gasteiger partial charge in [0, 0.05) is 35.4 Å². The van der Waals surface area contributed by atoms with Crippen LogP contribution in [0.5, 0.6) is 0 Å². The number of carboxylic acid groups (broad SMARTS) is 1. The van der Waals surface area contributed by atoms with E-state index in [1.165, 1.54) is 12.5 Å². The summed E-state index contributed by atoms with van der Waals surface area (Å²) in [6.07, 6.45) is 6.47. The summed E-state index contributed by atoms with van der Waals surface area (Å²) in [5.41, 5.74) is 14.1. The molecule has 2 heterocycles. The second-order valence-electron chi connectivity index (χ2n) is 10.4. The van der Waals surface area contributed by atoms with Crippen LogP contribution in [0.25, 0.3) is 10.9 Å². The number of aromatic nitrogens is 3. The Morgan fingerprint density at radius 3 is 2.34 bits per heavy atom. The number of aromatic amines is 2. The van der Waals surface area contributed by atoms with E-state index < -0.39 is 47.9 Å². The molecular formula is C28H40N8O5. The van der Waals surface area contributed by atoms with E-state index in [2.05, 4.69) is 30.9 Å². The molecule has 0 saturated carbocycles. The molecule has 0 aliphatic heterocycles. The van der Waals surface area contributed by atoms with Crippen LogP contribution in [-0.4, -0.2) is 74.5 Å². The van der Waals surface area contributed by atoms with E-state index in [1.54, 1.807) is 20.0 Å². The quantitative estimate of drug-likeness (QED) is 0.112. The number of carbonyl (C=O) groups excluding carboxylic acids is 3. The first-order chi connectivity index (χ1) is 19.6. The SMILES string of the molecule is CC(C)C(NC(=O)C(Cc1cnc[nH]1)NC(=O)C(N)Cc1c[nH]c2ccccc12)C(=O)NC(CCCCN)C(=O)O. The van der Waals surface area contributed by atoms with Crippen molar-refractivity contribution < 1.29 is 24.3 Å². The molecule has 0 fully saturated rings. The van der Waals surface area contributed by atoms with E-state index in [0.717, 1.165) is 16.5 Å². The van der Waals surface area contributed by atoms with Gasteiger partial charge >= 0.3 is 5.97 Å². The molecule has 1 aromatic carbocycles. The molecule has 3 amide bonds. The number of unbranched alkanes of at least 4 members (excludes halogenated alkanes) is 1. The third-order valence-corrected chi connectivity index (χ3v) is 6.87. The van der Waals surface area contributed by atoms with Crippen molar-refractivity contribution in [2.24, 2.45) is 17.4 Å². The summed E-state index contributed by atoms with van der Waals surface area (Å²) in [5.74, 6) is -3.32. The molecule has 0 radical (unpaired) electrons. The summed E-state index contributed by atoms with van der Waals surface area (Å²) < 4.78 is 0. The highest BCUT2D eigenvalue weighted by molar-refractivity contribution is 5.94. The molecule has 13 heteroatoms. The van der Waals surface area contributed by atoms with Crippen LogP contribution in [0.2, 0.25) is 0 Å². The van der Waals surface area contributed by atoms with Crippen LogP contribution in [0.3, 0.4) is 0 Å². The van der Waals surface area contributed by atoms with E-state index in [4.69, 9.17) is 11.5 Å². The Hall–Kier alpha value is -4.23. The Morgan fingerprint density at radius 1 is 0.951 bits per heavy atom. The predicted molar refractivity (Wildman–Crippen MR) is 153 cm³/mol. The number of rotatable bonds is 16. The molecule has 0 bridgehead atoms. The minimum atomic E-state index is -1.17. The molecule has 0 saturated heterocycles. The highest BCUT2D eigenvalue weighted by Gasteiger charge is 2.32. The van der Waals surface area contributed by atoms with Gasteiger partial charge in [-0.15, -0.1) is 0 Å². The van der Waals surface area contributed by atoms with Crippen LogP contribution >= 0.6 is 0 Å². The maximum absolute atomic E-state index is 13.5. The molecule has 2 aromatic heterocycles. The van der Waals surface area contributed by atoms with Crippen LogP contribution in [0.15, 0.2) is 43.0 Å². The van der Waals surface area contributed by atoms with Gasteiger partial charge in [0.15, 0.2) is 0 Å². The number of benzene rings is 1. The average Bonchev–Trinajstić information content (AvgIpc) is 3.60. The minimum Gasteiger partial charge on any atom is -0.480 e. The molecule has 0 aliphatic carbocycles. The van der Waals surface area contributed by atoms with Gasteiger partial charge in [0.2, 0.25) is 17.7 Å². The molecular weight excluding hydrogens is 528 g/mol. The van der Waals surface area contributed by atoms with Crippen LogP contribution in [0.4, 0.5) is 0 Å². The summed E-state index contributed by atoms with van der Waals surface area (Å²) in [7, 11) is 0. The van der Waals surface area contributed by atoms with E-state index in [-0.39, 0.29) is 25.2 Å². The van der Waals surface area contributed by atoms with Crippen LogP contribution < -0.4 is 27.4 Å². The van der Waals surface area contributed by atoms with Crippen molar-refractivity contribution in [2.45, 2.75) is 70.1 Å². The van der Waals surface area contributed by atoms with E-state index in [9.17, 15) is 24.3 Å². The van der Waals surface area contributed by atoms with E-state index in [0.29, 0.717) is 25.1 Å². The van der Waals surface area contributed by atoms with Crippen molar-refractivity contribution in [1.82, 2.24) is 30.9 Å². The lowest BCUT2D eigenvalue weighted by Gasteiger charge is -2.27. The molecule has 3 rings (SSSR count). The van der Waals surface area contributed by atoms with Crippen LogP contribution in [0.1, 0.15) is 44.4 Å². The number of H-pyrrole nitrogens is 2. The minimum absolute atomic E-state index is 0.0701. The molecule has 4 atom stereocenters. The molecule has 3 aromatic rings. The van der Waals surface area contributed by atoms with Crippen molar-refractivity contribution >= 4 is 34.6 Å². The van der Waals surface area contributed by atoms with Crippen molar-refractivity contribution in [3.63, 3.8) is 0 Å². The standard InChI is InChI=1S/C28H40N8O5/c1-16(2)24(27(39)34-22(28(40)41)9-5-6-10-29)36-26(38)23(12-18-14-31-15-33-18)35-25(37)20(30)11-17-13-32-21-8-4-3-7-19(17)21/h3-4,7-8,13-16,20,22-24,32H,5-6,9-12,29-30H2,1-2H3,(H,31,33)(H,34,39)(H,35,37)(H,36,38)(H,40,41). The van der Waals surface area contributed by atoms with Gasteiger partial charge < -0.3 is 42.5 Å². The van der Waals surface area contributed by atoms with Crippen molar-refractivity contribution in [2.75, 3.05) is 6.54 Å².